The Morgan fingerprint density at radius 2 is 1.82 bits per heavy atom. The van der Waals surface area contributed by atoms with Gasteiger partial charge in [0.15, 0.2) is 0 Å². The number of nitrogens with zero attached hydrogens (tertiary/aromatic N) is 1. The maximum absolute atomic E-state index is 12.5. The van der Waals surface area contributed by atoms with Crippen molar-refractivity contribution in [3.63, 3.8) is 0 Å². The van der Waals surface area contributed by atoms with Crippen molar-refractivity contribution in [3.8, 4) is 0 Å². The molecule has 0 aliphatic carbocycles. The molecule has 2 aromatic carbocycles. The fourth-order valence-corrected chi connectivity index (χ4v) is 2.79. The molecule has 0 spiro atoms. The first-order valence-electron chi connectivity index (χ1n) is 8.66. The molecule has 0 atom stereocenters. The van der Waals surface area contributed by atoms with Crippen molar-refractivity contribution in [2.75, 3.05) is 30.9 Å². The van der Waals surface area contributed by atoms with E-state index in [1.165, 1.54) is 6.08 Å². The molecule has 0 saturated heterocycles. The molecule has 0 aliphatic rings. The van der Waals surface area contributed by atoms with Gasteiger partial charge in [0.25, 0.3) is 0 Å². The molecule has 0 aliphatic heterocycles. The van der Waals surface area contributed by atoms with E-state index in [9.17, 15) is 9.59 Å². The Kier molecular flexibility index (Phi) is 7.49. The van der Waals surface area contributed by atoms with Crippen molar-refractivity contribution in [2.24, 2.45) is 0 Å². The summed E-state index contributed by atoms with van der Waals surface area (Å²) in [5.41, 5.74) is 2.98. The number of rotatable bonds is 6. The monoisotopic (exact) mass is 420 g/mol. The van der Waals surface area contributed by atoms with Crippen LogP contribution in [0.3, 0.4) is 0 Å². The standard InChI is InChI=1S/C21H22Cl2N2O3/c1-5-28-21(27)16-12-15(25(3)4)7-9-19(16)24-20(26)10-13(2)14-6-8-17(22)18(23)11-14/h6-12H,5H2,1-4H3,(H,24,26)/b13-10-. The predicted molar refractivity (Wildman–Crippen MR) is 115 cm³/mol. The number of nitrogens with one attached hydrogen (secondary N) is 1. The maximum Gasteiger partial charge on any atom is 0.340 e. The lowest BCUT2D eigenvalue weighted by Gasteiger charge is -2.16. The van der Waals surface area contributed by atoms with E-state index >= 15 is 0 Å². The summed E-state index contributed by atoms with van der Waals surface area (Å²) in [5, 5.41) is 3.61. The van der Waals surface area contributed by atoms with E-state index in [0.29, 0.717) is 26.9 Å². The number of halogens is 2. The molecule has 0 fully saturated rings. The van der Waals surface area contributed by atoms with Crippen LogP contribution < -0.4 is 10.2 Å². The lowest BCUT2D eigenvalue weighted by atomic mass is 10.1. The third-order valence-electron chi connectivity index (χ3n) is 4.00. The van der Waals surface area contributed by atoms with Crippen molar-refractivity contribution in [1.29, 1.82) is 0 Å². The highest BCUT2D eigenvalue weighted by Gasteiger charge is 2.16. The SMILES string of the molecule is CCOC(=O)c1cc(N(C)C)ccc1NC(=O)/C=C(/C)c1ccc(Cl)c(Cl)c1. The first-order chi connectivity index (χ1) is 13.2. The number of hydrogen-bond acceptors (Lipinski definition) is 4. The van der Waals surface area contributed by atoms with E-state index in [1.807, 2.05) is 25.1 Å². The fourth-order valence-electron chi connectivity index (χ4n) is 2.49. The molecule has 0 radical (unpaired) electrons. The lowest BCUT2D eigenvalue weighted by molar-refractivity contribution is -0.111. The highest BCUT2D eigenvalue weighted by atomic mass is 35.5. The second-order valence-electron chi connectivity index (χ2n) is 6.29. The molecule has 0 unspecified atom stereocenters. The second kappa shape index (κ2) is 9.62. The molecule has 0 bridgehead atoms. The van der Waals surface area contributed by atoms with E-state index in [0.717, 1.165) is 11.3 Å². The lowest BCUT2D eigenvalue weighted by Crippen LogP contribution is -2.16. The Morgan fingerprint density at radius 1 is 1.11 bits per heavy atom. The van der Waals surface area contributed by atoms with Gasteiger partial charge in [-0.1, -0.05) is 29.3 Å². The van der Waals surface area contributed by atoms with Gasteiger partial charge in [-0.15, -0.1) is 0 Å². The van der Waals surface area contributed by atoms with E-state index in [1.54, 1.807) is 44.2 Å². The zero-order valence-electron chi connectivity index (χ0n) is 16.2. The summed E-state index contributed by atoms with van der Waals surface area (Å²) in [7, 11) is 3.73. The first kappa shape index (κ1) is 21.8. The summed E-state index contributed by atoms with van der Waals surface area (Å²) >= 11 is 12.0. The van der Waals surface area contributed by atoms with E-state index < -0.39 is 5.97 Å². The fraction of sp³-hybridized carbons (Fsp3) is 0.238. The van der Waals surface area contributed by atoms with Gasteiger partial charge in [-0.2, -0.15) is 0 Å². The number of hydrogen-bond donors (Lipinski definition) is 1. The second-order valence-corrected chi connectivity index (χ2v) is 7.10. The summed E-state index contributed by atoms with van der Waals surface area (Å²) in [5.74, 6) is -0.863. The van der Waals surface area contributed by atoms with Crippen LogP contribution in [-0.2, 0) is 9.53 Å². The molecule has 1 amide bonds. The number of ether oxygens (including phenoxy) is 1. The van der Waals surface area contributed by atoms with Gasteiger partial charge in [0.2, 0.25) is 5.91 Å². The van der Waals surface area contributed by atoms with Gasteiger partial charge in [-0.3, -0.25) is 4.79 Å². The predicted octanol–water partition coefficient (Wildman–Crippen LogP) is 5.28. The molecule has 7 heteroatoms. The van der Waals surface area contributed by atoms with E-state index in [-0.39, 0.29) is 12.5 Å². The summed E-state index contributed by atoms with van der Waals surface area (Å²) < 4.78 is 5.11. The number of amides is 1. The average molecular weight is 421 g/mol. The van der Waals surface area contributed by atoms with Crippen LogP contribution in [0.1, 0.15) is 29.8 Å². The van der Waals surface area contributed by atoms with Gasteiger partial charge in [0.1, 0.15) is 0 Å². The molecular formula is C21H22Cl2N2O3. The van der Waals surface area contributed by atoms with Crippen LogP contribution in [0, 0.1) is 0 Å². The zero-order valence-corrected chi connectivity index (χ0v) is 17.7. The molecule has 0 heterocycles. The Bertz CT molecular complexity index is 924. The average Bonchev–Trinajstić information content (AvgIpc) is 2.64. The van der Waals surface area contributed by atoms with Gasteiger partial charge in [-0.25, -0.2) is 4.79 Å². The van der Waals surface area contributed by atoms with Crippen LogP contribution in [-0.4, -0.2) is 32.6 Å². The molecule has 2 rings (SSSR count). The molecular weight excluding hydrogens is 399 g/mol. The van der Waals surface area contributed by atoms with Crippen LogP contribution >= 0.6 is 23.2 Å². The van der Waals surface area contributed by atoms with Crippen LogP contribution in [0.4, 0.5) is 11.4 Å². The zero-order chi connectivity index (χ0) is 20.8. The normalized spacial score (nSPS) is 11.1. The highest BCUT2D eigenvalue weighted by Crippen LogP contribution is 2.27. The van der Waals surface area contributed by atoms with Crippen molar-refractivity contribution in [2.45, 2.75) is 13.8 Å². The largest absolute Gasteiger partial charge is 0.462 e. The molecule has 1 N–H and O–H groups in total. The Hall–Kier alpha value is -2.50. The summed E-state index contributed by atoms with van der Waals surface area (Å²) in [6.45, 7) is 3.77. The number of benzene rings is 2. The number of allylic oxidation sites excluding steroid dienone is 1. The van der Waals surface area contributed by atoms with E-state index in [4.69, 9.17) is 27.9 Å². The molecule has 2 aromatic rings. The molecule has 148 valence electrons. The Labute approximate surface area is 174 Å². The van der Waals surface area contributed by atoms with Gasteiger partial charge >= 0.3 is 5.97 Å². The number of carbonyl (C=O) groups is 2. The van der Waals surface area contributed by atoms with Crippen LogP contribution in [0.15, 0.2) is 42.5 Å². The van der Waals surface area contributed by atoms with Crippen LogP contribution in [0.25, 0.3) is 5.57 Å². The minimum atomic E-state index is -0.494. The van der Waals surface area contributed by atoms with E-state index in [2.05, 4.69) is 5.32 Å². The molecule has 0 saturated carbocycles. The van der Waals surface area contributed by atoms with Gasteiger partial charge in [0.05, 0.1) is 27.9 Å². The number of esters is 1. The van der Waals surface area contributed by atoms with Crippen molar-refractivity contribution >= 4 is 52.0 Å². The highest BCUT2D eigenvalue weighted by molar-refractivity contribution is 6.42. The summed E-state index contributed by atoms with van der Waals surface area (Å²) in [6, 6.07) is 10.3. The minimum absolute atomic E-state index is 0.245. The van der Waals surface area contributed by atoms with Crippen molar-refractivity contribution in [3.05, 3.63) is 63.6 Å². The van der Waals surface area contributed by atoms with Gasteiger partial charge in [-0.05, 0) is 55.3 Å². The van der Waals surface area contributed by atoms with Crippen molar-refractivity contribution in [1.82, 2.24) is 0 Å². The number of anilines is 2. The van der Waals surface area contributed by atoms with Gasteiger partial charge in [0, 0.05) is 25.9 Å². The third-order valence-corrected chi connectivity index (χ3v) is 4.73. The molecule has 0 aromatic heterocycles. The van der Waals surface area contributed by atoms with Crippen molar-refractivity contribution < 1.29 is 14.3 Å². The quantitative estimate of drug-likeness (QED) is 0.510. The maximum atomic E-state index is 12.5. The Morgan fingerprint density at radius 3 is 2.43 bits per heavy atom. The third kappa shape index (κ3) is 5.50. The summed E-state index contributed by atoms with van der Waals surface area (Å²) in [6.07, 6.45) is 1.44. The van der Waals surface area contributed by atoms with Crippen LogP contribution in [0.5, 0.6) is 0 Å². The van der Waals surface area contributed by atoms with Crippen LogP contribution in [0.2, 0.25) is 10.0 Å². The summed E-state index contributed by atoms with van der Waals surface area (Å²) in [4.78, 5) is 26.7. The minimum Gasteiger partial charge on any atom is -0.462 e. The topological polar surface area (TPSA) is 58.6 Å². The van der Waals surface area contributed by atoms with Gasteiger partial charge < -0.3 is 15.0 Å². The molecule has 5 nitrogen and oxygen atoms in total. The first-order valence-corrected chi connectivity index (χ1v) is 9.41. The Balaban J connectivity index is 2.29. The molecule has 28 heavy (non-hydrogen) atoms. The number of carbonyl (C=O) groups excluding carboxylic acids is 2. The smallest absolute Gasteiger partial charge is 0.340 e.